The molecule has 3 aromatic rings. The third-order valence-electron chi connectivity index (χ3n) is 2.18. The highest BCUT2D eigenvalue weighted by atomic mass is 79.9. The Morgan fingerprint density at radius 2 is 2.25 bits per heavy atom. The Hall–Kier alpha value is -1.20. The molecule has 16 heavy (non-hydrogen) atoms. The molecule has 0 N–H and O–H groups in total. The highest BCUT2D eigenvalue weighted by molar-refractivity contribution is 9.10. The Morgan fingerprint density at radius 3 is 2.94 bits per heavy atom. The van der Waals surface area contributed by atoms with Crippen molar-refractivity contribution >= 4 is 38.2 Å². The van der Waals surface area contributed by atoms with E-state index in [1.54, 1.807) is 12.1 Å². The molecular weight excluding hydrogens is 293 g/mol. The molecule has 2 nitrogen and oxygen atoms in total. The van der Waals surface area contributed by atoms with Crippen molar-refractivity contribution in [3.63, 3.8) is 0 Å². The van der Waals surface area contributed by atoms with Crippen molar-refractivity contribution < 1.29 is 8.81 Å². The first-order chi connectivity index (χ1) is 7.74. The second kappa shape index (κ2) is 3.68. The summed E-state index contributed by atoms with van der Waals surface area (Å²) in [6.07, 6.45) is 0. The lowest BCUT2D eigenvalue weighted by Gasteiger charge is -1.88. The molecule has 0 radical (unpaired) electrons. The zero-order chi connectivity index (χ0) is 11.1. The number of rotatable bonds is 1. The first-order valence-electron chi connectivity index (χ1n) is 4.53. The highest BCUT2D eigenvalue weighted by Gasteiger charge is 2.11. The van der Waals surface area contributed by atoms with Crippen LogP contribution in [0.25, 0.3) is 21.7 Å². The van der Waals surface area contributed by atoms with Gasteiger partial charge in [0.15, 0.2) is 22.2 Å². The smallest absolute Gasteiger partial charge is 0.170 e. The standard InChI is InChI=1S/C11H5BrFNOS/c12-9-5-16-11(14-9)8-4-6-2-1-3-7(13)10(6)15-8/h1-5H. The Labute approximate surface area is 103 Å². The fourth-order valence-electron chi connectivity index (χ4n) is 1.50. The van der Waals surface area contributed by atoms with Crippen molar-refractivity contribution in [3.05, 3.63) is 40.1 Å². The maximum Gasteiger partial charge on any atom is 0.170 e. The summed E-state index contributed by atoms with van der Waals surface area (Å²) in [7, 11) is 0. The van der Waals surface area contributed by atoms with Gasteiger partial charge in [-0.1, -0.05) is 12.1 Å². The van der Waals surface area contributed by atoms with Gasteiger partial charge in [0, 0.05) is 10.8 Å². The van der Waals surface area contributed by atoms with Crippen LogP contribution in [0.4, 0.5) is 4.39 Å². The molecule has 0 aliphatic heterocycles. The summed E-state index contributed by atoms with van der Waals surface area (Å²) in [6.45, 7) is 0. The average Bonchev–Trinajstić information content (AvgIpc) is 2.84. The number of thiazole rings is 1. The van der Waals surface area contributed by atoms with Crippen LogP contribution in [0.1, 0.15) is 0 Å². The fraction of sp³-hybridized carbons (Fsp3) is 0. The van der Waals surface area contributed by atoms with Crippen LogP contribution in [0.3, 0.4) is 0 Å². The molecule has 80 valence electrons. The normalized spacial score (nSPS) is 11.1. The lowest BCUT2D eigenvalue weighted by molar-refractivity contribution is 0.568. The van der Waals surface area contributed by atoms with E-state index in [2.05, 4.69) is 20.9 Å². The number of aromatic nitrogens is 1. The van der Waals surface area contributed by atoms with Crippen LogP contribution in [-0.2, 0) is 0 Å². The van der Waals surface area contributed by atoms with Crippen LogP contribution >= 0.6 is 27.3 Å². The van der Waals surface area contributed by atoms with Crippen molar-refractivity contribution in [1.29, 1.82) is 0 Å². The molecule has 0 unspecified atom stereocenters. The van der Waals surface area contributed by atoms with Crippen molar-refractivity contribution in [3.8, 4) is 10.8 Å². The minimum Gasteiger partial charge on any atom is -0.450 e. The second-order valence-corrected chi connectivity index (χ2v) is 4.91. The molecule has 0 aliphatic rings. The van der Waals surface area contributed by atoms with E-state index >= 15 is 0 Å². The molecule has 2 heterocycles. The zero-order valence-corrected chi connectivity index (χ0v) is 10.3. The lowest BCUT2D eigenvalue weighted by atomic mass is 10.2. The van der Waals surface area contributed by atoms with Crippen LogP contribution in [0.2, 0.25) is 0 Å². The van der Waals surface area contributed by atoms with Crippen molar-refractivity contribution in [2.75, 3.05) is 0 Å². The molecule has 0 amide bonds. The first-order valence-corrected chi connectivity index (χ1v) is 6.21. The van der Waals surface area contributed by atoms with Crippen LogP contribution in [0.5, 0.6) is 0 Å². The second-order valence-electron chi connectivity index (χ2n) is 3.24. The highest BCUT2D eigenvalue weighted by Crippen LogP contribution is 2.32. The topological polar surface area (TPSA) is 26.0 Å². The van der Waals surface area contributed by atoms with Crippen molar-refractivity contribution in [2.45, 2.75) is 0 Å². The molecule has 5 heteroatoms. The van der Waals surface area contributed by atoms with Gasteiger partial charge in [0.25, 0.3) is 0 Å². The number of benzene rings is 1. The van der Waals surface area contributed by atoms with Crippen LogP contribution in [0, 0.1) is 5.82 Å². The van der Waals surface area contributed by atoms with Crippen LogP contribution < -0.4 is 0 Å². The first kappa shape index (κ1) is 9.99. The Morgan fingerprint density at radius 1 is 1.38 bits per heavy atom. The maximum atomic E-state index is 13.4. The molecule has 2 aromatic heterocycles. The Bertz CT molecular complexity index is 661. The molecular formula is C11H5BrFNOS. The quantitative estimate of drug-likeness (QED) is 0.663. The molecule has 0 spiro atoms. The predicted octanol–water partition coefficient (Wildman–Crippen LogP) is 4.46. The molecule has 0 atom stereocenters. The minimum atomic E-state index is -0.348. The number of para-hydroxylation sites is 1. The van der Waals surface area contributed by atoms with E-state index in [1.165, 1.54) is 17.4 Å². The number of nitrogens with zero attached hydrogens (tertiary/aromatic N) is 1. The summed E-state index contributed by atoms with van der Waals surface area (Å²) in [4.78, 5) is 4.22. The van der Waals surface area contributed by atoms with E-state index in [0.717, 1.165) is 15.0 Å². The van der Waals surface area contributed by atoms with Gasteiger partial charge in [-0.05, 0) is 28.1 Å². The zero-order valence-electron chi connectivity index (χ0n) is 7.91. The van der Waals surface area contributed by atoms with Crippen LogP contribution in [-0.4, -0.2) is 4.98 Å². The van der Waals surface area contributed by atoms with Crippen LogP contribution in [0.15, 0.2) is 38.7 Å². The van der Waals surface area contributed by atoms with Gasteiger partial charge in [-0.15, -0.1) is 11.3 Å². The number of furan rings is 1. The van der Waals surface area contributed by atoms with E-state index in [9.17, 15) is 4.39 Å². The summed E-state index contributed by atoms with van der Waals surface area (Å²) in [5, 5.41) is 3.35. The average molecular weight is 298 g/mol. The van der Waals surface area contributed by atoms with E-state index in [1.807, 2.05) is 11.4 Å². The molecule has 0 aliphatic carbocycles. The molecule has 0 saturated carbocycles. The van der Waals surface area contributed by atoms with Gasteiger partial charge in [0.1, 0.15) is 4.60 Å². The molecule has 1 aromatic carbocycles. The van der Waals surface area contributed by atoms with Crippen molar-refractivity contribution in [1.82, 2.24) is 4.98 Å². The van der Waals surface area contributed by atoms with Gasteiger partial charge in [-0.3, -0.25) is 0 Å². The van der Waals surface area contributed by atoms with Gasteiger partial charge in [-0.2, -0.15) is 0 Å². The van der Waals surface area contributed by atoms with Gasteiger partial charge < -0.3 is 4.42 Å². The lowest BCUT2D eigenvalue weighted by Crippen LogP contribution is -1.71. The number of halogens is 2. The van der Waals surface area contributed by atoms with E-state index in [4.69, 9.17) is 4.42 Å². The number of hydrogen-bond acceptors (Lipinski definition) is 3. The molecule has 0 bridgehead atoms. The summed E-state index contributed by atoms with van der Waals surface area (Å²) in [5.41, 5.74) is 0.281. The minimum absolute atomic E-state index is 0.281. The third-order valence-corrected chi connectivity index (χ3v) is 3.75. The number of hydrogen-bond donors (Lipinski definition) is 0. The largest absolute Gasteiger partial charge is 0.450 e. The molecule has 3 rings (SSSR count). The molecule has 0 saturated heterocycles. The third kappa shape index (κ3) is 1.56. The number of fused-ring (bicyclic) bond motifs is 1. The Balaban J connectivity index is 2.22. The van der Waals surface area contributed by atoms with E-state index < -0.39 is 0 Å². The monoisotopic (exact) mass is 297 g/mol. The summed E-state index contributed by atoms with van der Waals surface area (Å²) < 4.78 is 19.6. The van der Waals surface area contributed by atoms with E-state index in [0.29, 0.717) is 5.76 Å². The fourth-order valence-corrected chi connectivity index (χ4v) is 2.70. The van der Waals surface area contributed by atoms with Gasteiger partial charge in [-0.25, -0.2) is 9.37 Å². The van der Waals surface area contributed by atoms with Crippen molar-refractivity contribution in [2.24, 2.45) is 0 Å². The SMILES string of the molecule is Fc1cccc2cc(-c3nc(Br)cs3)oc12. The maximum absolute atomic E-state index is 13.4. The summed E-state index contributed by atoms with van der Waals surface area (Å²) >= 11 is 4.72. The summed E-state index contributed by atoms with van der Waals surface area (Å²) in [6, 6.07) is 6.65. The Kier molecular flexibility index (Phi) is 2.29. The predicted molar refractivity (Wildman–Crippen MR) is 65.0 cm³/mol. The van der Waals surface area contributed by atoms with Gasteiger partial charge in [0.05, 0.1) is 0 Å². The van der Waals surface area contributed by atoms with Gasteiger partial charge >= 0.3 is 0 Å². The van der Waals surface area contributed by atoms with E-state index in [-0.39, 0.29) is 11.4 Å². The molecule has 0 fully saturated rings. The summed E-state index contributed by atoms with van der Waals surface area (Å²) in [5.74, 6) is 0.246. The van der Waals surface area contributed by atoms with Gasteiger partial charge in [0.2, 0.25) is 0 Å².